The number of rotatable bonds is 5. The predicted molar refractivity (Wildman–Crippen MR) is 63.6 cm³/mol. The summed E-state index contributed by atoms with van der Waals surface area (Å²) in [6, 6.07) is 1.57. The number of amides is 1. The molecule has 0 aliphatic rings. The van der Waals surface area contributed by atoms with E-state index in [0.717, 1.165) is 5.75 Å². The molecule has 0 bridgehead atoms. The quantitative estimate of drug-likeness (QED) is 0.870. The van der Waals surface area contributed by atoms with Crippen LogP contribution >= 0.6 is 23.4 Å². The number of furan rings is 1. The number of carbonyl (C=O) groups excluding carboxylic acids is 1. The Balaban J connectivity index is 2.40. The van der Waals surface area contributed by atoms with E-state index in [0.29, 0.717) is 18.0 Å². The van der Waals surface area contributed by atoms with Crippen molar-refractivity contribution in [2.75, 3.05) is 18.6 Å². The summed E-state index contributed by atoms with van der Waals surface area (Å²) < 4.78 is 4.84. The van der Waals surface area contributed by atoms with Gasteiger partial charge in [0.15, 0.2) is 0 Å². The lowest BCUT2D eigenvalue weighted by Gasteiger charge is -2.10. The van der Waals surface area contributed by atoms with E-state index in [1.807, 2.05) is 6.26 Å². The van der Waals surface area contributed by atoms with Crippen molar-refractivity contribution < 1.29 is 9.21 Å². The maximum Gasteiger partial charge on any atom is 0.256 e. The van der Waals surface area contributed by atoms with E-state index in [1.165, 1.54) is 6.26 Å². The Morgan fingerprint density at radius 2 is 2.47 bits per heavy atom. The van der Waals surface area contributed by atoms with Crippen LogP contribution < -0.4 is 5.32 Å². The van der Waals surface area contributed by atoms with Gasteiger partial charge in [-0.1, -0.05) is 6.92 Å². The number of halogens is 1. The second kappa shape index (κ2) is 6.08. The monoisotopic (exact) mass is 247 g/mol. The molecule has 0 saturated carbocycles. The summed E-state index contributed by atoms with van der Waals surface area (Å²) >= 11 is 7.45. The number of hydrogen-bond donors (Lipinski definition) is 1. The maximum atomic E-state index is 11.6. The summed E-state index contributed by atoms with van der Waals surface area (Å²) in [6.45, 7) is 2.74. The molecule has 1 unspecified atom stereocenters. The van der Waals surface area contributed by atoms with Crippen LogP contribution in [0.1, 0.15) is 17.3 Å². The lowest BCUT2D eigenvalue weighted by molar-refractivity contribution is 0.0949. The third-order valence-electron chi connectivity index (χ3n) is 1.92. The van der Waals surface area contributed by atoms with Gasteiger partial charge >= 0.3 is 0 Å². The van der Waals surface area contributed by atoms with Gasteiger partial charge in [0, 0.05) is 6.54 Å². The molecule has 0 fully saturated rings. The maximum absolute atomic E-state index is 11.6. The zero-order valence-electron chi connectivity index (χ0n) is 8.75. The minimum atomic E-state index is -0.179. The van der Waals surface area contributed by atoms with Gasteiger partial charge in [-0.2, -0.15) is 11.8 Å². The normalized spacial score (nSPS) is 12.5. The summed E-state index contributed by atoms with van der Waals surface area (Å²) in [5.41, 5.74) is 0.396. The Morgan fingerprint density at radius 3 is 3.00 bits per heavy atom. The van der Waals surface area contributed by atoms with E-state index in [1.54, 1.807) is 17.8 Å². The first-order chi connectivity index (χ1) is 7.15. The van der Waals surface area contributed by atoms with Gasteiger partial charge < -0.3 is 9.73 Å². The van der Waals surface area contributed by atoms with Crippen LogP contribution in [0.3, 0.4) is 0 Å². The molecule has 0 radical (unpaired) electrons. The SMILES string of the molecule is CSCC(C)CNC(=O)c1ccoc1Cl. The average molecular weight is 248 g/mol. The molecule has 0 aromatic carbocycles. The number of nitrogens with one attached hydrogen (secondary N) is 1. The lowest BCUT2D eigenvalue weighted by Crippen LogP contribution is -2.28. The fraction of sp³-hybridized carbons (Fsp3) is 0.500. The second-order valence-corrected chi connectivity index (χ2v) is 4.63. The molecule has 15 heavy (non-hydrogen) atoms. The van der Waals surface area contributed by atoms with Gasteiger partial charge in [0.25, 0.3) is 5.91 Å². The first-order valence-corrected chi connectivity index (χ1v) is 6.42. The van der Waals surface area contributed by atoms with Gasteiger partial charge in [-0.15, -0.1) is 0 Å². The molecule has 5 heteroatoms. The summed E-state index contributed by atoms with van der Waals surface area (Å²) in [5.74, 6) is 1.30. The zero-order chi connectivity index (χ0) is 11.3. The average Bonchev–Trinajstić information content (AvgIpc) is 2.61. The molecule has 1 heterocycles. The highest BCUT2D eigenvalue weighted by atomic mass is 35.5. The number of thioether (sulfide) groups is 1. The highest BCUT2D eigenvalue weighted by molar-refractivity contribution is 7.98. The lowest BCUT2D eigenvalue weighted by atomic mass is 10.2. The van der Waals surface area contributed by atoms with Crippen LogP contribution in [0.4, 0.5) is 0 Å². The Morgan fingerprint density at radius 1 is 1.73 bits per heavy atom. The van der Waals surface area contributed by atoms with Crippen molar-refractivity contribution in [1.29, 1.82) is 0 Å². The number of hydrogen-bond acceptors (Lipinski definition) is 3. The van der Waals surface area contributed by atoms with E-state index in [2.05, 4.69) is 12.2 Å². The Labute approximate surface area is 98.6 Å². The molecule has 1 aromatic rings. The first kappa shape index (κ1) is 12.5. The highest BCUT2D eigenvalue weighted by Crippen LogP contribution is 2.16. The molecule has 1 amide bonds. The van der Waals surface area contributed by atoms with Crippen molar-refractivity contribution in [3.8, 4) is 0 Å². The van der Waals surface area contributed by atoms with Crippen molar-refractivity contribution in [1.82, 2.24) is 5.32 Å². The van der Waals surface area contributed by atoms with E-state index in [-0.39, 0.29) is 11.1 Å². The summed E-state index contributed by atoms with van der Waals surface area (Å²) in [5, 5.41) is 2.96. The summed E-state index contributed by atoms with van der Waals surface area (Å²) in [7, 11) is 0. The van der Waals surface area contributed by atoms with Crippen LogP contribution in [0.5, 0.6) is 0 Å². The van der Waals surface area contributed by atoms with Crippen LogP contribution in [-0.2, 0) is 0 Å². The van der Waals surface area contributed by atoms with Gasteiger partial charge in [0.2, 0.25) is 5.22 Å². The van der Waals surface area contributed by atoms with Crippen LogP contribution in [0.2, 0.25) is 5.22 Å². The van der Waals surface area contributed by atoms with E-state index >= 15 is 0 Å². The smallest absolute Gasteiger partial charge is 0.256 e. The fourth-order valence-corrected chi connectivity index (χ4v) is 2.05. The van der Waals surface area contributed by atoms with E-state index in [9.17, 15) is 4.79 Å². The molecule has 1 atom stereocenters. The Hall–Kier alpha value is -0.610. The summed E-state index contributed by atoms with van der Waals surface area (Å²) in [6.07, 6.45) is 3.45. The zero-order valence-corrected chi connectivity index (χ0v) is 10.3. The largest absolute Gasteiger partial charge is 0.452 e. The molecule has 3 nitrogen and oxygen atoms in total. The predicted octanol–water partition coefficient (Wildman–Crippen LogP) is 2.66. The van der Waals surface area contributed by atoms with Gasteiger partial charge in [0.1, 0.15) is 0 Å². The third kappa shape index (κ3) is 3.80. The van der Waals surface area contributed by atoms with Crippen molar-refractivity contribution in [2.24, 2.45) is 5.92 Å². The number of carbonyl (C=O) groups is 1. The van der Waals surface area contributed by atoms with E-state index in [4.69, 9.17) is 16.0 Å². The standard InChI is InChI=1S/C10H14ClNO2S/c1-7(6-15-2)5-12-10(13)8-3-4-14-9(8)11/h3-4,7H,5-6H2,1-2H3,(H,12,13). The molecule has 1 rings (SSSR count). The van der Waals surface area contributed by atoms with Crippen molar-refractivity contribution in [2.45, 2.75) is 6.92 Å². The van der Waals surface area contributed by atoms with Gasteiger partial charge in [-0.05, 0) is 35.6 Å². The molecule has 0 spiro atoms. The van der Waals surface area contributed by atoms with Gasteiger partial charge in [-0.25, -0.2) is 0 Å². The van der Waals surface area contributed by atoms with Crippen LogP contribution in [-0.4, -0.2) is 24.5 Å². The molecule has 1 aromatic heterocycles. The molecular formula is C10H14ClNO2S. The summed E-state index contributed by atoms with van der Waals surface area (Å²) in [4.78, 5) is 11.6. The van der Waals surface area contributed by atoms with Crippen LogP contribution in [0, 0.1) is 5.92 Å². The Kier molecular flexibility index (Phi) is 5.05. The first-order valence-electron chi connectivity index (χ1n) is 4.65. The van der Waals surface area contributed by atoms with Crippen molar-refractivity contribution in [3.05, 3.63) is 23.1 Å². The van der Waals surface area contributed by atoms with Crippen molar-refractivity contribution >= 4 is 29.3 Å². The molecular weight excluding hydrogens is 234 g/mol. The van der Waals surface area contributed by atoms with E-state index < -0.39 is 0 Å². The minimum Gasteiger partial charge on any atom is -0.452 e. The molecule has 1 N–H and O–H groups in total. The van der Waals surface area contributed by atoms with Crippen LogP contribution in [0.25, 0.3) is 0 Å². The second-order valence-electron chi connectivity index (χ2n) is 3.38. The third-order valence-corrected chi connectivity index (χ3v) is 3.12. The van der Waals surface area contributed by atoms with Gasteiger partial charge in [0.05, 0.1) is 11.8 Å². The topological polar surface area (TPSA) is 42.2 Å². The molecule has 0 aliphatic carbocycles. The fourth-order valence-electron chi connectivity index (χ4n) is 1.16. The molecule has 84 valence electrons. The molecule has 0 saturated heterocycles. The Bertz CT molecular complexity index is 327. The van der Waals surface area contributed by atoms with Gasteiger partial charge in [-0.3, -0.25) is 4.79 Å². The van der Waals surface area contributed by atoms with Crippen LogP contribution in [0.15, 0.2) is 16.7 Å². The molecule has 0 aliphatic heterocycles. The minimum absolute atomic E-state index is 0.144. The van der Waals surface area contributed by atoms with Crippen molar-refractivity contribution in [3.63, 3.8) is 0 Å². The highest BCUT2D eigenvalue weighted by Gasteiger charge is 2.13.